The van der Waals surface area contributed by atoms with Crippen molar-refractivity contribution in [2.45, 2.75) is 43.9 Å². The van der Waals surface area contributed by atoms with Gasteiger partial charge in [0.2, 0.25) is 5.89 Å². The Morgan fingerprint density at radius 1 is 1.13 bits per heavy atom. The van der Waals surface area contributed by atoms with Crippen LogP contribution >= 0.6 is 0 Å². The summed E-state index contributed by atoms with van der Waals surface area (Å²) in [6.45, 7) is 2.13. The van der Waals surface area contributed by atoms with Crippen molar-refractivity contribution in [3.8, 4) is 0 Å². The topological polar surface area (TPSA) is 51.0 Å². The van der Waals surface area contributed by atoms with E-state index in [1.54, 1.807) is 0 Å². The molecule has 1 atom stereocenters. The molecule has 1 unspecified atom stereocenters. The fourth-order valence-corrected chi connectivity index (χ4v) is 2.15. The Balaban J connectivity index is 1.72. The first-order valence-corrected chi connectivity index (χ1v) is 5.97. The highest BCUT2D eigenvalue weighted by Crippen LogP contribution is 2.39. The maximum absolute atomic E-state index is 5.29. The van der Waals surface area contributed by atoms with Crippen LogP contribution in [0.5, 0.6) is 0 Å². The Kier molecular flexibility index (Phi) is 2.44. The van der Waals surface area contributed by atoms with Crippen molar-refractivity contribution < 1.29 is 4.52 Å². The molecule has 2 aliphatic rings. The molecule has 1 saturated carbocycles. The molecule has 2 heterocycles. The Morgan fingerprint density at radius 3 is 2.93 bits per heavy atom. The second kappa shape index (κ2) is 3.93. The second-order valence-corrected chi connectivity index (χ2v) is 4.66. The zero-order valence-corrected chi connectivity index (χ0v) is 8.91. The number of nitrogens with one attached hydrogen (secondary N) is 1. The third-order valence-electron chi connectivity index (χ3n) is 3.30. The van der Waals surface area contributed by atoms with Gasteiger partial charge in [-0.25, -0.2) is 0 Å². The number of hydrogen-bond donors (Lipinski definition) is 1. The van der Waals surface area contributed by atoms with E-state index in [4.69, 9.17) is 4.52 Å². The van der Waals surface area contributed by atoms with Crippen LogP contribution in [0, 0.1) is 0 Å². The molecule has 0 aromatic carbocycles. The molecule has 82 valence electrons. The van der Waals surface area contributed by atoms with Crippen molar-refractivity contribution in [1.82, 2.24) is 15.5 Å². The fraction of sp³-hybridized carbons (Fsp3) is 0.818. The number of aromatic nitrogens is 2. The summed E-state index contributed by atoms with van der Waals surface area (Å²) < 4.78 is 5.29. The minimum absolute atomic E-state index is 0.462. The van der Waals surface area contributed by atoms with Gasteiger partial charge in [-0.05, 0) is 32.2 Å². The largest absolute Gasteiger partial charge is 0.339 e. The zero-order valence-electron chi connectivity index (χ0n) is 8.91. The van der Waals surface area contributed by atoms with Crippen LogP contribution in [-0.2, 0) is 0 Å². The summed E-state index contributed by atoms with van der Waals surface area (Å²) in [5.41, 5.74) is 0. The molecule has 0 radical (unpaired) electrons. The van der Waals surface area contributed by atoms with Crippen LogP contribution < -0.4 is 5.32 Å². The molecular formula is C11H17N3O. The molecule has 1 aliphatic heterocycles. The van der Waals surface area contributed by atoms with Crippen molar-refractivity contribution in [3.63, 3.8) is 0 Å². The molecule has 1 saturated heterocycles. The SMILES string of the molecule is C1CCC(c2noc(C3CC3)n2)CNC1. The van der Waals surface area contributed by atoms with E-state index in [1.807, 2.05) is 0 Å². The Bertz CT molecular complexity index is 324. The van der Waals surface area contributed by atoms with Crippen molar-refractivity contribution in [2.75, 3.05) is 13.1 Å². The Hall–Kier alpha value is -0.900. The second-order valence-electron chi connectivity index (χ2n) is 4.66. The van der Waals surface area contributed by atoms with Crippen molar-refractivity contribution >= 4 is 0 Å². The van der Waals surface area contributed by atoms with E-state index in [0.29, 0.717) is 11.8 Å². The van der Waals surface area contributed by atoms with Gasteiger partial charge in [-0.1, -0.05) is 11.6 Å². The van der Waals surface area contributed by atoms with Crippen molar-refractivity contribution in [1.29, 1.82) is 0 Å². The van der Waals surface area contributed by atoms with Crippen molar-refractivity contribution in [2.24, 2.45) is 0 Å². The van der Waals surface area contributed by atoms with Crippen LogP contribution in [0.2, 0.25) is 0 Å². The third-order valence-corrected chi connectivity index (χ3v) is 3.30. The lowest BCUT2D eigenvalue weighted by Gasteiger charge is -2.07. The molecule has 4 heteroatoms. The first-order chi connectivity index (χ1) is 7.43. The van der Waals surface area contributed by atoms with E-state index >= 15 is 0 Å². The first-order valence-electron chi connectivity index (χ1n) is 5.97. The normalized spacial score (nSPS) is 27.6. The van der Waals surface area contributed by atoms with Gasteiger partial charge in [-0.2, -0.15) is 4.98 Å². The highest BCUT2D eigenvalue weighted by molar-refractivity contribution is 5.05. The lowest BCUT2D eigenvalue weighted by Crippen LogP contribution is -2.20. The highest BCUT2D eigenvalue weighted by atomic mass is 16.5. The van der Waals surface area contributed by atoms with Crippen LogP contribution in [0.15, 0.2) is 4.52 Å². The summed E-state index contributed by atoms with van der Waals surface area (Å²) in [5.74, 6) is 2.83. The van der Waals surface area contributed by atoms with Gasteiger partial charge >= 0.3 is 0 Å². The quantitative estimate of drug-likeness (QED) is 0.803. The van der Waals surface area contributed by atoms with E-state index in [2.05, 4.69) is 15.5 Å². The van der Waals surface area contributed by atoms with E-state index in [1.165, 1.54) is 32.1 Å². The molecule has 1 N–H and O–H groups in total. The summed E-state index contributed by atoms with van der Waals surface area (Å²) in [4.78, 5) is 4.52. The maximum Gasteiger partial charge on any atom is 0.229 e. The lowest BCUT2D eigenvalue weighted by atomic mass is 10.0. The summed E-state index contributed by atoms with van der Waals surface area (Å²) in [5, 5.41) is 7.54. The Labute approximate surface area is 89.4 Å². The highest BCUT2D eigenvalue weighted by Gasteiger charge is 2.30. The van der Waals surface area contributed by atoms with Crippen LogP contribution in [0.25, 0.3) is 0 Å². The Morgan fingerprint density at radius 2 is 2.07 bits per heavy atom. The number of rotatable bonds is 2. The molecule has 3 rings (SSSR count). The molecule has 1 aliphatic carbocycles. The molecule has 0 bridgehead atoms. The lowest BCUT2D eigenvalue weighted by molar-refractivity contribution is 0.369. The maximum atomic E-state index is 5.29. The smallest absolute Gasteiger partial charge is 0.229 e. The number of hydrogen-bond acceptors (Lipinski definition) is 4. The summed E-state index contributed by atoms with van der Waals surface area (Å²) in [7, 11) is 0. The summed E-state index contributed by atoms with van der Waals surface area (Å²) in [6, 6.07) is 0. The van der Waals surface area contributed by atoms with Crippen LogP contribution in [0.3, 0.4) is 0 Å². The van der Waals surface area contributed by atoms with E-state index < -0.39 is 0 Å². The van der Waals surface area contributed by atoms with Crippen LogP contribution in [0.1, 0.15) is 55.7 Å². The van der Waals surface area contributed by atoms with Crippen LogP contribution in [-0.4, -0.2) is 23.2 Å². The average molecular weight is 207 g/mol. The van der Waals surface area contributed by atoms with Crippen molar-refractivity contribution in [3.05, 3.63) is 11.7 Å². The average Bonchev–Trinajstić information content (AvgIpc) is 3.04. The van der Waals surface area contributed by atoms with Gasteiger partial charge in [0.15, 0.2) is 5.82 Å². The van der Waals surface area contributed by atoms with Gasteiger partial charge in [0.05, 0.1) is 0 Å². The van der Waals surface area contributed by atoms with Gasteiger partial charge in [0.25, 0.3) is 0 Å². The van der Waals surface area contributed by atoms with Gasteiger partial charge in [0.1, 0.15) is 0 Å². The molecular weight excluding hydrogens is 190 g/mol. The standard InChI is InChI=1S/C11H17N3O/c1-2-6-12-7-9(3-1)10-13-11(15-14-10)8-4-5-8/h8-9,12H,1-7H2. The fourth-order valence-electron chi connectivity index (χ4n) is 2.15. The third kappa shape index (κ3) is 2.04. The van der Waals surface area contributed by atoms with Gasteiger partial charge in [-0.15, -0.1) is 0 Å². The predicted molar refractivity (Wildman–Crippen MR) is 55.7 cm³/mol. The summed E-state index contributed by atoms with van der Waals surface area (Å²) in [6.07, 6.45) is 6.18. The molecule has 0 spiro atoms. The summed E-state index contributed by atoms with van der Waals surface area (Å²) >= 11 is 0. The molecule has 4 nitrogen and oxygen atoms in total. The number of nitrogens with zero attached hydrogens (tertiary/aromatic N) is 2. The van der Waals surface area contributed by atoms with Gasteiger partial charge in [-0.3, -0.25) is 0 Å². The predicted octanol–water partition coefficient (Wildman–Crippen LogP) is 1.80. The minimum atomic E-state index is 0.462. The van der Waals surface area contributed by atoms with E-state index in [0.717, 1.165) is 24.8 Å². The van der Waals surface area contributed by atoms with Crippen LogP contribution in [0.4, 0.5) is 0 Å². The first kappa shape index (κ1) is 9.33. The monoisotopic (exact) mass is 207 g/mol. The van der Waals surface area contributed by atoms with E-state index in [-0.39, 0.29) is 0 Å². The molecule has 2 fully saturated rings. The molecule has 1 aromatic rings. The zero-order chi connectivity index (χ0) is 10.1. The van der Waals surface area contributed by atoms with Gasteiger partial charge in [0, 0.05) is 18.4 Å². The molecule has 0 amide bonds. The van der Waals surface area contributed by atoms with Gasteiger partial charge < -0.3 is 9.84 Å². The minimum Gasteiger partial charge on any atom is -0.339 e. The van der Waals surface area contributed by atoms with E-state index in [9.17, 15) is 0 Å². The molecule has 15 heavy (non-hydrogen) atoms. The molecule has 1 aromatic heterocycles.